The van der Waals surface area contributed by atoms with Gasteiger partial charge >= 0.3 is 0 Å². The number of hydrogen-bond donors (Lipinski definition) is 0. The van der Waals surface area contributed by atoms with Gasteiger partial charge in [-0.25, -0.2) is 4.98 Å². The molecule has 20 heavy (non-hydrogen) atoms. The lowest BCUT2D eigenvalue weighted by Gasteiger charge is -2.02. The standard InChI is InChI=1S/C16H9ClN2O/c17-15-6-5-11-8-18-9-12(16(11)19-15)14-7-10-3-1-2-4-13(10)20-14/h1-9H. The average Bonchev–Trinajstić information content (AvgIpc) is 2.90. The summed E-state index contributed by atoms with van der Waals surface area (Å²) in [5.41, 5.74) is 2.49. The van der Waals surface area contributed by atoms with Gasteiger partial charge in [0.15, 0.2) is 0 Å². The molecule has 3 heterocycles. The third kappa shape index (κ3) is 1.75. The van der Waals surface area contributed by atoms with Gasteiger partial charge in [-0.1, -0.05) is 29.8 Å². The molecule has 0 spiro atoms. The van der Waals surface area contributed by atoms with Crippen molar-refractivity contribution in [3.8, 4) is 11.3 Å². The molecule has 0 fully saturated rings. The number of fused-ring (bicyclic) bond motifs is 2. The first-order valence-electron chi connectivity index (χ1n) is 6.20. The number of pyridine rings is 2. The van der Waals surface area contributed by atoms with Crippen molar-refractivity contribution >= 4 is 33.5 Å². The van der Waals surface area contributed by atoms with Crippen LogP contribution in [0.2, 0.25) is 5.15 Å². The predicted molar refractivity (Wildman–Crippen MR) is 79.8 cm³/mol. The summed E-state index contributed by atoms with van der Waals surface area (Å²) in [7, 11) is 0. The van der Waals surface area contributed by atoms with Crippen molar-refractivity contribution in [2.45, 2.75) is 0 Å². The zero-order valence-corrected chi connectivity index (χ0v) is 11.1. The normalized spacial score (nSPS) is 11.2. The molecule has 0 amide bonds. The van der Waals surface area contributed by atoms with Crippen LogP contribution >= 0.6 is 11.6 Å². The minimum Gasteiger partial charge on any atom is -0.456 e. The maximum atomic E-state index is 5.99. The fourth-order valence-electron chi connectivity index (χ4n) is 2.31. The van der Waals surface area contributed by atoms with E-state index in [9.17, 15) is 0 Å². The first-order valence-corrected chi connectivity index (χ1v) is 6.58. The number of aromatic nitrogens is 2. The lowest BCUT2D eigenvalue weighted by atomic mass is 10.1. The van der Waals surface area contributed by atoms with Crippen molar-refractivity contribution in [3.63, 3.8) is 0 Å². The van der Waals surface area contributed by atoms with Gasteiger partial charge in [0.05, 0.1) is 11.1 Å². The van der Waals surface area contributed by atoms with Crippen LogP contribution in [0.3, 0.4) is 0 Å². The van der Waals surface area contributed by atoms with Gasteiger partial charge in [-0.2, -0.15) is 0 Å². The summed E-state index contributed by atoms with van der Waals surface area (Å²) in [5, 5.41) is 2.45. The lowest BCUT2D eigenvalue weighted by molar-refractivity contribution is 0.632. The molecule has 0 unspecified atom stereocenters. The van der Waals surface area contributed by atoms with Crippen molar-refractivity contribution in [2.24, 2.45) is 0 Å². The van der Waals surface area contributed by atoms with Crippen LogP contribution in [0.15, 0.2) is 59.3 Å². The van der Waals surface area contributed by atoms with E-state index in [1.807, 2.05) is 36.4 Å². The van der Waals surface area contributed by atoms with E-state index in [0.717, 1.165) is 33.2 Å². The predicted octanol–water partition coefficient (Wildman–Crippen LogP) is 4.70. The van der Waals surface area contributed by atoms with Crippen molar-refractivity contribution in [1.29, 1.82) is 0 Å². The number of nitrogens with zero attached hydrogens (tertiary/aromatic N) is 2. The molecule has 96 valence electrons. The van der Waals surface area contributed by atoms with Crippen LogP contribution in [-0.2, 0) is 0 Å². The van der Waals surface area contributed by atoms with Gasteiger partial charge in [0.2, 0.25) is 0 Å². The Balaban J connectivity index is 2.03. The van der Waals surface area contributed by atoms with Crippen molar-refractivity contribution in [2.75, 3.05) is 0 Å². The summed E-state index contributed by atoms with van der Waals surface area (Å²) in [6.45, 7) is 0. The van der Waals surface area contributed by atoms with Crippen molar-refractivity contribution < 1.29 is 4.42 Å². The molecule has 3 aromatic heterocycles. The van der Waals surface area contributed by atoms with Gasteiger partial charge in [0.1, 0.15) is 16.5 Å². The highest BCUT2D eigenvalue weighted by Gasteiger charge is 2.11. The van der Waals surface area contributed by atoms with Crippen LogP contribution in [0.5, 0.6) is 0 Å². The maximum Gasteiger partial charge on any atom is 0.139 e. The molecule has 0 aliphatic carbocycles. The van der Waals surface area contributed by atoms with E-state index < -0.39 is 0 Å². The first-order chi connectivity index (χ1) is 9.81. The molecule has 0 aliphatic heterocycles. The van der Waals surface area contributed by atoms with Crippen molar-refractivity contribution in [1.82, 2.24) is 9.97 Å². The number of rotatable bonds is 1. The Hall–Kier alpha value is -2.39. The van der Waals surface area contributed by atoms with Crippen LogP contribution < -0.4 is 0 Å². The summed E-state index contributed by atoms with van der Waals surface area (Å²) in [6.07, 6.45) is 3.52. The Morgan fingerprint density at radius 2 is 1.85 bits per heavy atom. The molecular weight excluding hydrogens is 272 g/mol. The van der Waals surface area contributed by atoms with Crippen molar-refractivity contribution in [3.05, 3.63) is 60.0 Å². The second-order valence-electron chi connectivity index (χ2n) is 4.54. The Morgan fingerprint density at radius 1 is 0.950 bits per heavy atom. The van der Waals surface area contributed by atoms with Crippen LogP contribution in [0.1, 0.15) is 0 Å². The molecule has 4 rings (SSSR count). The van der Waals surface area contributed by atoms with Crippen LogP contribution in [0, 0.1) is 0 Å². The SMILES string of the molecule is Clc1ccc2cncc(-c3cc4ccccc4o3)c2n1. The quantitative estimate of drug-likeness (QED) is 0.475. The Bertz CT molecular complexity index is 897. The first kappa shape index (κ1) is 11.4. The number of hydrogen-bond acceptors (Lipinski definition) is 3. The van der Waals surface area contributed by atoms with Gasteiger partial charge in [-0.05, 0) is 24.3 Å². The Morgan fingerprint density at radius 3 is 2.75 bits per heavy atom. The molecular formula is C16H9ClN2O. The number of para-hydroxylation sites is 1. The van der Waals surface area contributed by atoms with Gasteiger partial charge in [0, 0.05) is 23.2 Å². The molecule has 4 heteroatoms. The second kappa shape index (κ2) is 4.32. The maximum absolute atomic E-state index is 5.99. The van der Waals surface area contributed by atoms with Crippen LogP contribution in [0.25, 0.3) is 33.2 Å². The molecule has 0 atom stereocenters. The van der Waals surface area contributed by atoms with E-state index in [1.165, 1.54) is 0 Å². The molecule has 0 N–H and O–H groups in total. The molecule has 4 aromatic rings. The van der Waals surface area contributed by atoms with Gasteiger partial charge in [-0.3, -0.25) is 4.98 Å². The zero-order chi connectivity index (χ0) is 13.5. The molecule has 0 bridgehead atoms. The zero-order valence-electron chi connectivity index (χ0n) is 10.4. The molecule has 3 nitrogen and oxygen atoms in total. The fourth-order valence-corrected chi connectivity index (χ4v) is 2.46. The summed E-state index contributed by atoms with van der Waals surface area (Å²) >= 11 is 5.99. The molecule has 0 radical (unpaired) electrons. The Labute approximate surface area is 119 Å². The molecule has 0 saturated carbocycles. The molecule has 1 aromatic carbocycles. The fraction of sp³-hybridized carbons (Fsp3) is 0. The minimum atomic E-state index is 0.459. The van der Waals surface area contributed by atoms with E-state index >= 15 is 0 Å². The van der Waals surface area contributed by atoms with Crippen LogP contribution in [0.4, 0.5) is 0 Å². The summed E-state index contributed by atoms with van der Waals surface area (Å²) in [4.78, 5) is 8.63. The van der Waals surface area contributed by atoms with E-state index in [2.05, 4.69) is 9.97 Å². The monoisotopic (exact) mass is 280 g/mol. The van der Waals surface area contributed by atoms with Gasteiger partial charge < -0.3 is 4.42 Å². The highest BCUT2D eigenvalue weighted by molar-refractivity contribution is 6.29. The highest BCUT2D eigenvalue weighted by atomic mass is 35.5. The van der Waals surface area contributed by atoms with E-state index in [4.69, 9.17) is 16.0 Å². The number of benzene rings is 1. The summed E-state index contributed by atoms with van der Waals surface area (Å²) < 4.78 is 5.88. The minimum absolute atomic E-state index is 0.459. The smallest absolute Gasteiger partial charge is 0.139 e. The van der Waals surface area contributed by atoms with Gasteiger partial charge in [-0.15, -0.1) is 0 Å². The largest absolute Gasteiger partial charge is 0.456 e. The van der Waals surface area contributed by atoms with Gasteiger partial charge in [0.25, 0.3) is 0 Å². The Kier molecular flexibility index (Phi) is 2.47. The molecule has 0 aliphatic rings. The number of halogens is 1. The number of furan rings is 1. The summed E-state index contributed by atoms with van der Waals surface area (Å²) in [6, 6.07) is 13.6. The van der Waals surface area contributed by atoms with Crippen LogP contribution in [-0.4, -0.2) is 9.97 Å². The molecule has 0 saturated heterocycles. The van der Waals surface area contributed by atoms with E-state index in [0.29, 0.717) is 5.15 Å². The van der Waals surface area contributed by atoms with E-state index in [1.54, 1.807) is 18.5 Å². The average molecular weight is 281 g/mol. The summed E-state index contributed by atoms with van der Waals surface area (Å²) in [5.74, 6) is 0.749. The topological polar surface area (TPSA) is 38.9 Å². The third-order valence-corrected chi connectivity index (χ3v) is 3.47. The second-order valence-corrected chi connectivity index (χ2v) is 4.93. The lowest BCUT2D eigenvalue weighted by Crippen LogP contribution is -1.86. The third-order valence-electron chi connectivity index (χ3n) is 3.26. The van der Waals surface area contributed by atoms with E-state index in [-0.39, 0.29) is 0 Å². The highest BCUT2D eigenvalue weighted by Crippen LogP contribution is 2.31.